The van der Waals surface area contributed by atoms with E-state index in [1.165, 1.54) is 0 Å². The number of esters is 1. The van der Waals surface area contributed by atoms with Gasteiger partial charge in [0.25, 0.3) is 0 Å². The standard InChI is InChI=1S/C33H42N2O6/c1-2-32-17-10-5-11-20-40-31(39)27(32)26-29(37)35(25(22-36)21-23-13-6-3-7-14-23)28-30(38)34(24-15-8-4-9-16-24)19-12-18-33(26,28)41-32/h3,6-7,10,12-14,17-18,24-28,36H,2,4-5,8-9,11,15-16,19-22H2,1H3/b17-10-/t25-,26+,27+,28?,32-,33+/m1/s1. The quantitative estimate of drug-likeness (QED) is 0.421. The fourth-order valence-corrected chi connectivity index (χ4v) is 8.08. The Hall–Kier alpha value is -2.97. The third kappa shape index (κ3) is 4.63. The van der Waals surface area contributed by atoms with Crippen LogP contribution in [-0.4, -0.2) is 81.8 Å². The maximum absolute atomic E-state index is 14.8. The Balaban J connectivity index is 1.48. The van der Waals surface area contributed by atoms with Crippen molar-refractivity contribution in [3.05, 3.63) is 60.2 Å². The molecule has 1 unspecified atom stereocenters. The van der Waals surface area contributed by atoms with E-state index in [9.17, 15) is 19.5 Å². The van der Waals surface area contributed by atoms with Crippen LogP contribution in [0.5, 0.6) is 0 Å². The minimum absolute atomic E-state index is 0.0948. The molecule has 2 amide bonds. The Kier molecular flexibility index (Phi) is 7.81. The highest BCUT2D eigenvalue weighted by Crippen LogP contribution is 2.58. The predicted molar refractivity (Wildman–Crippen MR) is 153 cm³/mol. The zero-order valence-electron chi connectivity index (χ0n) is 24.0. The van der Waals surface area contributed by atoms with Gasteiger partial charge in [-0.3, -0.25) is 14.4 Å². The van der Waals surface area contributed by atoms with Crippen molar-refractivity contribution in [3.8, 4) is 0 Å². The molecule has 4 aliphatic heterocycles. The Morgan fingerprint density at radius 1 is 0.976 bits per heavy atom. The number of amides is 2. The van der Waals surface area contributed by atoms with Gasteiger partial charge in [-0.1, -0.05) is 80.8 Å². The largest absolute Gasteiger partial charge is 0.465 e. The minimum atomic E-state index is -1.34. The highest BCUT2D eigenvalue weighted by Gasteiger charge is 2.76. The Labute approximate surface area is 242 Å². The SMILES string of the molecule is CC[C@@]12/C=C\CCCOC(=O)[C@@H]1[C@H]1C(=O)N([C@@H](CO)Cc3ccccc3)C3C(=O)N(C4CCCCC4)CC=C[C@@]31O2. The smallest absolute Gasteiger partial charge is 0.313 e. The van der Waals surface area contributed by atoms with Crippen LogP contribution in [0, 0.1) is 11.8 Å². The van der Waals surface area contributed by atoms with Crippen molar-refractivity contribution in [2.24, 2.45) is 11.8 Å². The van der Waals surface area contributed by atoms with Gasteiger partial charge in [0.2, 0.25) is 11.8 Å². The number of carbonyl (C=O) groups is 3. The number of cyclic esters (lactones) is 1. The zero-order chi connectivity index (χ0) is 28.6. The molecule has 220 valence electrons. The molecule has 1 saturated carbocycles. The molecule has 8 heteroatoms. The van der Waals surface area contributed by atoms with E-state index in [0.29, 0.717) is 25.8 Å². The number of hydrogen-bond donors (Lipinski definition) is 1. The first-order valence-electron chi connectivity index (χ1n) is 15.5. The number of nitrogens with zero attached hydrogens (tertiary/aromatic N) is 2. The number of aliphatic hydroxyl groups is 1. The first-order valence-corrected chi connectivity index (χ1v) is 15.5. The molecule has 1 aromatic carbocycles. The lowest BCUT2D eigenvalue weighted by Gasteiger charge is -2.42. The highest BCUT2D eigenvalue weighted by molar-refractivity contribution is 5.99. The molecule has 6 atom stereocenters. The van der Waals surface area contributed by atoms with Crippen LogP contribution in [0.4, 0.5) is 0 Å². The molecule has 4 heterocycles. The molecule has 8 nitrogen and oxygen atoms in total. The number of fused-ring (bicyclic) bond motifs is 2. The van der Waals surface area contributed by atoms with E-state index in [4.69, 9.17) is 9.47 Å². The fourth-order valence-electron chi connectivity index (χ4n) is 8.08. The lowest BCUT2D eigenvalue weighted by molar-refractivity contribution is -0.163. The molecule has 1 N–H and O–H groups in total. The molecular formula is C33H42N2O6. The topological polar surface area (TPSA) is 96.4 Å². The number of allylic oxidation sites excluding steroid dienone is 1. The second kappa shape index (κ2) is 11.4. The van der Waals surface area contributed by atoms with Crippen LogP contribution in [0.2, 0.25) is 0 Å². The van der Waals surface area contributed by atoms with Crippen LogP contribution in [0.1, 0.15) is 63.9 Å². The molecule has 1 spiro atoms. The van der Waals surface area contributed by atoms with E-state index in [1.54, 1.807) is 4.90 Å². The lowest BCUT2D eigenvalue weighted by atomic mass is 9.73. The summed E-state index contributed by atoms with van der Waals surface area (Å²) in [5.74, 6) is -2.75. The van der Waals surface area contributed by atoms with E-state index in [0.717, 1.165) is 44.1 Å². The van der Waals surface area contributed by atoms with Crippen molar-refractivity contribution >= 4 is 17.8 Å². The van der Waals surface area contributed by atoms with Gasteiger partial charge in [-0.05, 0) is 44.1 Å². The fraction of sp³-hybridized carbons (Fsp3) is 0.606. The van der Waals surface area contributed by atoms with E-state index in [-0.39, 0.29) is 31.1 Å². The van der Waals surface area contributed by atoms with Gasteiger partial charge in [0, 0.05) is 12.6 Å². The molecule has 3 fully saturated rings. The first-order chi connectivity index (χ1) is 20.0. The molecule has 1 aromatic rings. The third-order valence-corrected chi connectivity index (χ3v) is 10.0. The van der Waals surface area contributed by atoms with Crippen LogP contribution in [0.15, 0.2) is 54.6 Å². The van der Waals surface area contributed by atoms with Gasteiger partial charge >= 0.3 is 5.97 Å². The highest BCUT2D eigenvalue weighted by atomic mass is 16.6. The number of aliphatic hydroxyl groups excluding tert-OH is 1. The molecule has 41 heavy (non-hydrogen) atoms. The molecule has 2 saturated heterocycles. The normalized spacial score (nSPS) is 35.5. The first kappa shape index (κ1) is 28.2. The van der Waals surface area contributed by atoms with Crippen LogP contribution >= 0.6 is 0 Å². The van der Waals surface area contributed by atoms with Gasteiger partial charge in [0.15, 0.2) is 0 Å². The predicted octanol–water partition coefficient (Wildman–Crippen LogP) is 3.58. The molecule has 0 radical (unpaired) electrons. The summed E-state index contributed by atoms with van der Waals surface area (Å²) in [5, 5.41) is 10.7. The second-order valence-electron chi connectivity index (χ2n) is 12.3. The third-order valence-electron chi connectivity index (χ3n) is 10.0. The molecule has 5 aliphatic rings. The zero-order valence-corrected chi connectivity index (χ0v) is 24.0. The van der Waals surface area contributed by atoms with E-state index in [1.807, 2.05) is 66.5 Å². The van der Waals surface area contributed by atoms with Gasteiger partial charge in [0.1, 0.15) is 23.2 Å². The van der Waals surface area contributed by atoms with E-state index >= 15 is 0 Å². The summed E-state index contributed by atoms with van der Waals surface area (Å²) in [6.07, 6.45) is 15.3. The molecule has 6 rings (SSSR count). The second-order valence-corrected chi connectivity index (χ2v) is 12.3. The van der Waals surface area contributed by atoms with Gasteiger partial charge in [-0.25, -0.2) is 0 Å². The number of carbonyl (C=O) groups excluding carboxylic acids is 3. The van der Waals surface area contributed by atoms with E-state index in [2.05, 4.69) is 0 Å². The summed E-state index contributed by atoms with van der Waals surface area (Å²) >= 11 is 0. The Morgan fingerprint density at radius 3 is 2.49 bits per heavy atom. The summed E-state index contributed by atoms with van der Waals surface area (Å²) in [6.45, 7) is 2.36. The van der Waals surface area contributed by atoms with Crippen LogP contribution in [-0.2, 0) is 30.3 Å². The van der Waals surface area contributed by atoms with Crippen molar-refractivity contribution in [1.82, 2.24) is 9.80 Å². The summed E-state index contributed by atoms with van der Waals surface area (Å²) in [4.78, 5) is 46.8. The van der Waals surface area contributed by atoms with Crippen LogP contribution in [0.3, 0.4) is 0 Å². The minimum Gasteiger partial charge on any atom is -0.465 e. The lowest BCUT2D eigenvalue weighted by Crippen LogP contribution is -2.60. The van der Waals surface area contributed by atoms with Crippen molar-refractivity contribution in [3.63, 3.8) is 0 Å². The average molecular weight is 563 g/mol. The van der Waals surface area contributed by atoms with Gasteiger partial charge in [-0.15, -0.1) is 0 Å². The molecular weight excluding hydrogens is 520 g/mol. The van der Waals surface area contributed by atoms with Crippen molar-refractivity contribution in [2.75, 3.05) is 19.8 Å². The maximum atomic E-state index is 14.8. The molecule has 0 bridgehead atoms. The average Bonchev–Trinajstić information content (AvgIpc) is 3.38. The number of benzene rings is 1. The monoisotopic (exact) mass is 562 g/mol. The van der Waals surface area contributed by atoms with Crippen molar-refractivity contribution < 1.29 is 29.0 Å². The Bertz CT molecular complexity index is 1210. The van der Waals surface area contributed by atoms with Gasteiger partial charge in [-0.2, -0.15) is 0 Å². The van der Waals surface area contributed by atoms with Crippen molar-refractivity contribution in [1.29, 1.82) is 0 Å². The number of rotatable bonds is 6. The summed E-state index contributed by atoms with van der Waals surface area (Å²) < 4.78 is 12.8. The number of hydrogen-bond acceptors (Lipinski definition) is 6. The molecule has 1 aliphatic carbocycles. The van der Waals surface area contributed by atoms with Gasteiger partial charge in [0.05, 0.1) is 25.2 Å². The summed E-state index contributed by atoms with van der Waals surface area (Å²) in [5.41, 5.74) is -1.45. The summed E-state index contributed by atoms with van der Waals surface area (Å²) in [6, 6.07) is 8.16. The van der Waals surface area contributed by atoms with Gasteiger partial charge < -0.3 is 24.4 Å². The van der Waals surface area contributed by atoms with Crippen LogP contribution < -0.4 is 0 Å². The Morgan fingerprint density at radius 2 is 1.76 bits per heavy atom. The summed E-state index contributed by atoms with van der Waals surface area (Å²) in [7, 11) is 0. The maximum Gasteiger partial charge on any atom is 0.313 e. The number of ether oxygens (including phenoxy) is 2. The number of likely N-dealkylation sites (tertiary alicyclic amines) is 1. The van der Waals surface area contributed by atoms with E-state index < -0.39 is 41.1 Å². The van der Waals surface area contributed by atoms with Crippen molar-refractivity contribution in [2.45, 2.75) is 94.0 Å². The molecule has 0 aromatic heterocycles. The van der Waals surface area contributed by atoms with Crippen LogP contribution in [0.25, 0.3) is 0 Å².